The normalized spacial score (nSPS) is 10.6. The smallest absolute Gasteiger partial charge is 0.127 e. The Labute approximate surface area is 98.6 Å². The molecule has 0 unspecified atom stereocenters. The average molecular weight is 238 g/mol. The third-order valence-corrected chi connectivity index (χ3v) is 2.62. The second-order valence-electron chi connectivity index (χ2n) is 3.52. The van der Waals surface area contributed by atoms with Crippen molar-refractivity contribution in [1.29, 1.82) is 0 Å². The predicted molar refractivity (Wildman–Crippen MR) is 62.4 cm³/mol. The lowest BCUT2D eigenvalue weighted by atomic mass is 10.1. The van der Waals surface area contributed by atoms with Gasteiger partial charge in [-0.05, 0) is 25.0 Å². The van der Waals surface area contributed by atoms with E-state index < -0.39 is 0 Å². The lowest BCUT2D eigenvalue weighted by molar-refractivity contribution is 0.288. The Kier molecular flexibility index (Phi) is 3.59. The largest absolute Gasteiger partial charge is 0.396 e. The van der Waals surface area contributed by atoms with Crippen LogP contribution in [0.15, 0.2) is 35.1 Å². The monoisotopic (exact) mass is 237 g/mol. The number of hydrogen-bond donors (Lipinski definition) is 1. The Balaban J connectivity index is 2.26. The molecule has 16 heavy (non-hydrogen) atoms. The summed E-state index contributed by atoms with van der Waals surface area (Å²) < 4.78 is 4.96. The summed E-state index contributed by atoms with van der Waals surface area (Å²) in [4.78, 5) is 0. The van der Waals surface area contributed by atoms with Gasteiger partial charge in [0.2, 0.25) is 0 Å². The van der Waals surface area contributed by atoms with E-state index in [1.807, 2.05) is 24.3 Å². The molecule has 0 saturated carbocycles. The Morgan fingerprint density at radius 1 is 1.25 bits per heavy atom. The molecule has 0 atom stereocenters. The molecule has 84 valence electrons. The molecule has 1 aromatic carbocycles. The van der Waals surface area contributed by atoms with Crippen LogP contribution in [0.2, 0.25) is 5.02 Å². The molecule has 4 heteroatoms. The van der Waals surface area contributed by atoms with Crippen LogP contribution < -0.4 is 0 Å². The molecule has 2 rings (SSSR count). The molecule has 0 aliphatic heterocycles. The van der Waals surface area contributed by atoms with Crippen LogP contribution in [-0.4, -0.2) is 16.9 Å². The van der Waals surface area contributed by atoms with Crippen molar-refractivity contribution >= 4 is 11.6 Å². The average Bonchev–Trinajstić information content (AvgIpc) is 2.75. The van der Waals surface area contributed by atoms with Gasteiger partial charge in [-0.2, -0.15) is 0 Å². The van der Waals surface area contributed by atoms with E-state index >= 15 is 0 Å². The van der Waals surface area contributed by atoms with Gasteiger partial charge in [0.15, 0.2) is 0 Å². The molecular formula is C12H12ClNO2. The first-order valence-electron chi connectivity index (χ1n) is 5.11. The van der Waals surface area contributed by atoms with Gasteiger partial charge >= 0.3 is 0 Å². The number of halogens is 1. The van der Waals surface area contributed by atoms with E-state index in [1.165, 1.54) is 0 Å². The number of aliphatic hydroxyl groups is 1. The summed E-state index contributed by atoms with van der Waals surface area (Å²) >= 11 is 5.82. The van der Waals surface area contributed by atoms with Crippen LogP contribution in [-0.2, 0) is 6.42 Å². The standard InChI is InChI=1S/C12H12ClNO2/c13-11-5-3-9(4-6-11)12-10(2-1-7-15)8-16-14-12/h3-6,8,15H,1-2,7H2. The summed E-state index contributed by atoms with van der Waals surface area (Å²) in [5.41, 5.74) is 2.81. The Morgan fingerprint density at radius 3 is 2.69 bits per heavy atom. The van der Waals surface area contributed by atoms with Gasteiger partial charge in [0, 0.05) is 22.8 Å². The van der Waals surface area contributed by atoms with Crippen molar-refractivity contribution in [2.45, 2.75) is 12.8 Å². The van der Waals surface area contributed by atoms with Crippen LogP contribution in [0.5, 0.6) is 0 Å². The predicted octanol–water partition coefficient (Wildman–Crippen LogP) is 2.92. The zero-order valence-electron chi connectivity index (χ0n) is 8.69. The van der Waals surface area contributed by atoms with Crippen molar-refractivity contribution in [1.82, 2.24) is 5.16 Å². The SMILES string of the molecule is OCCCc1conc1-c1ccc(Cl)cc1. The topological polar surface area (TPSA) is 46.3 Å². The number of aromatic nitrogens is 1. The molecule has 0 spiro atoms. The van der Waals surface area contributed by atoms with Crippen molar-refractivity contribution in [3.63, 3.8) is 0 Å². The molecule has 2 aromatic rings. The van der Waals surface area contributed by atoms with Crippen LogP contribution in [0, 0.1) is 0 Å². The lowest BCUT2D eigenvalue weighted by Crippen LogP contribution is -1.90. The van der Waals surface area contributed by atoms with Gasteiger partial charge in [0.25, 0.3) is 0 Å². The Bertz CT molecular complexity index is 450. The van der Waals surface area contributed by atoms with E-state index in [0.29, 0.717) is 11.4 Å². The van der Waals surface area contributed by atoms with Gasteiger partial charge in [-0.25, -0.2) is 0 Å². The van der Waals surface area contributed by atoms with Crippen LogP contribution >= 0.6 is 11.6 Å². The fourth-order valence-electron chi connectivity index (χ4n) is 1.55. The second kappa shape index (κ2) is 5.14. The number of aryl methyl sites for hydroxylation is 1. The van der Waals surface area contributed by atoms with E-state index in [0.717, 1.165) is 23.2 Å². The molecule has 0 radical (unpaired) electrons. The van der Waals surface area contributed by atoms with Gasteiger partial charge in [0.05, 0.1) is 0 Å². The first-order valence-corrected chi connectivity index (χ1v) is 5.49. The lowest BCUT2D eigenvalue weighted by Gasteiger charge is -2.00. The fourth-order valence-corrected chi connectivity index (χ4v) is 1.68. The molecule has 1 heterocycles. The van der Waals surface area contributed by atoms with Crippen LogP contribution in [0.4, 0.5) is 0 Å². The van der Waals surface area contributed by atoms with E-state index in [-0.39, 0.29) is 6.61 Å². The van der Waals surface area contributed by atoms with Crippen LogP contribution in [0.3, 0.4) is 0 Å². The van der Waals surface area contributed by atoms with Gasteiger partial charge in [-0.3, -0.25) is 0 Å². The molecule has 0 amide bonds. The molecule has 3 nitrogen and oxygen atoms in total. The van der Waals surface area contributed by atoms with Crippen molar-refractivity contribution in [2.24, 2.45) is 0 Å². The maximum Gasteiger partial charge on any atom is 0.127 e. The van der Waals surface area contributed by atoms with E-state index in [4.69, 9.17) is 21.2 Å². The van der Waals surface area contributed by atoms with Crippen molar-refractivity contribution in [3.8, 4) is 11.3 Å². The summed E-state index contributed by atoms with van der Waals surface area (Å²) in [6.45, 7) is 0.172. The zero-order chi connectivity index (χ0) is 11.4. The number of rotatable bonds is 4. The first kappa shape index (κ1) is 11.2. The molecule has 0 aliphatic carbocycles. The molecule has 0 aliphatic rings. The fraction of sp³-hybridized carbons (Fsp3) is 0.250. The highest BCUT2D eigenvalue weighted by Gasteiger charge is 2.09. The summed E-state index contributed by atoms with van der Waals surface area (Å²) in [5, 5.41) is 13.5. The summed E-state index contributed by atoms with van der Waals surface area (Å²) in [7, 11) is 0. The van der Waals surface area contributed by atoms with E-state index in [2.05, 4.69) is 5.16 Å². The zero-order valence-corrected chi connectivity index (χ0v) is 9.44. The van der Waals surface area contributed by atoms with Crippen molar-refractivity contribution < 1.29 is 9.63 Å². The molecule has 1 N–H and O–H groups in total. The van der Waals surface area contributed by atoms with Gasteiger partial charge in [0.1, 0.15) is 12.0 Å². The Morgan fingerprint density at radius 2 is 2.00 bits per heavy atom. The summed E-state index contributed by atoms with van der Waals surface area (Å²) in [5.74, 6) is 0. The van der Waals surface area contributed by atoms with E-state index in [1.54, 1.807) is 6.26 Å². The number of nitrogens with zero attached hydrogens (tertiary/aromatic N) is 1. The molecular weight excluding hydrogens is 226 g/mol. The molecule has 0 fully saturated rings. The highest BCUT2D eigenvalue weighted by Crippen LogP contribution is 2.24. The minimum atomic E-state index is 0.172. The molecule has 0 bridgehead atoms. The van der Waals surface area contributed by atoms with Crippen molar-refractivity contribution in [2.75, 3.05) is 6.61 Å². The maximum atomic E-state index is 8.79. The maximum absolute atomic E-state index is 8.79. The quantitative estimate of drug-likeness (QED) is 0.889. The van der Waals surface area contributed by atoms with E-state index in [9.17, 15) is 0 Å². The number of hydrogen-bond acceptors (Lipinski definition) is 3. The second-order valence-corrected chi connectivity index (χ2v) is 3.96. The third-order valence-electron chi connectivity index (χ3n) is 2.37. The van der Waals surface area contributed by atoms with Crippen LogP contribution in [0.1, 0.15) is 12.0 Å². The summed E-state index contributed by atoms with van der Waals surface area (Å²) in [6, 6.07) is 7.45. The number of benzene rings is 1. The minimum Gasteiger partial charge on any atom is -0.396 e. The first-order chi connectivity index (χ1) is 7.81. The van der Waals surface area contributed by atoms with Gasteiger partial charge in [-0.15, -0.1) is 0 Å². The third kappa shape index (κ3) is 2.43. The minimum absolute atomic E-state index is 0.172. The van der Waals surface area contributed by atoms with Crippen molar-refractivity contribution in [3.05, 3.63) is 41.1 Å². The number of aliphatic hydroxyl groups excluding tert-OH is 1. The van der Waals surface area contributed by atoms with Gasteiger partial charge in [-0.1, -0.05) is 28.9 Å². The highest BCUT2D eigenvalue weighted by atomic mass is 35.5. The van der Waals surface area contributed by atoms with Gasteiger partial charge < -0.3 is 9.63 Å². The molecule has 0 saturated heterocycles. The highest BCUT2D eigenvalue weighted by molar-refractivity contribution is 6.30. The summed E-state index contributed by atoms with van der Waals surface area (Å²) in [6.07, 6.45) is 3.10. The molecule has 1 aromatic heterocycles. The van der Waals surface area contributed by atoms with Crippen LogP contribution in [0.25, 0.3) is 11.3 Å². The Hall–Kier alpha value is -1.32.